The largest absolute Gasteiger partial charge is 0.368 e. The zero-order valence-corrected chi connectivity index (χ0v) is 8.44. The summed E-state index contributed by atoms with van der Waals surface area (Å²) in [5.74, 6) is -1.72. The lowest BCUT2D eigenvalue weighted by molar-refractivity contribution is -0.138. The van der Waals surface area contributed by atoms with E-state index in [4.69, 9.17) is 17.2 Å². The molecule has 0 aromatic carbocycles. The molecule has 0 fully saturated rings. The molecule has 0 aliphatic carbocycles. The van der Waals surface area contributed by atoms with Gasteiger partial charge in [0.1, 0.15) is 0 Å². The van der Waals surface area contributed by atoms with Gasteiger partial charge >= 0.3 is 0 Å². The van der Waals surface area contributed by atoms with E-state index in [9.17, 15) is 14.4 Å². The maximum absolute atomic E-state index is 11.4. The average Bonchev–Trinajstić information content (AvgIpc) is 2.11. The summed E-state index contributed by atoms with van der Waals surface area (Å²) >= 11 is 0. The predicted octanol–water partition coefficient (Wildman–Crippen LogP) is -2.48. The smallest absolute Gasteiger partial charge is 0.237 e. The van der Waals surface area contributed by atoms with Gasteiger partial charge in [-0.1, -0.05) is 0 Å². The van der Waals surface area contributed by atoms with Gasteiger partial charge in [0.05, 0.1) is 13.1 Å². The summed E-state index contributed by atoms with van der Waals surface area (Å²) < 4.78 is 0. The highest BCUT2D eigenvalue weighted by Crippen LogP contribution is 1.96. The van der Waals surface area contributed by atoms with Gasteiger partial charge in [-0.05, 0) is 13.0 Å². The summed E-state index contributed by atoms with van der Waals surface area (Å²) in [5, 5.41) is 0. The van der Waals surface area contributed by atoms with Gasteiger partial charge < -0.3 is 22.1 Å². The molecule has 6 N–H and O–H groups in total. The first-order valence-electron chi connectivity index (χ1n) is 4.51. The highest BCUT2D eigenvalue weighted by molar-refractivity contribution is 5.87. The number of primary amides is 2. The first-order chi connectivity index (χ1) is 6.97. The Balaban J connectivity index is 4.26. The molecule has 0 aromatic heterocycles. The normalized spacial score (nSPS) is 9.67. The Hall–Kier alpha value is -1.63. The predicted molar refractivity (Wildman–Crippen MR) is 53.3 cm³/mol. The molecule has 0 aliphatic rings. The van der Waals surface area contributed by atoms with E-state index < -0.39 is 11.8 Å². The second-order valence-corrected chi connectivity index (χ2v) is 3.07. The van der Waals surface area contributed by atoms with Gasteiger partial charge in [0, 0.05) is 6.42 Å². The summed E-state index contributed by atoms with van der Waals surface area (Å²) in [6.07, 6.45) is 0.671. The highest BCUT2D eigenvalue weighted by atomic mass is 16.2. The molecule has 7 nitrogen and oxygen atoms in total. The minimum Gasteiger partial charge on any atom is -0.368 e. The van der Waals surface area contributed by atoms with Crippen LogP contribution in [0.1, 0.15) is 12.8 Å². The Morgan fingerprint density at radius 1 is 1.00 bits per heavy atom. The van der Waals surface area contributed by atoms with Crippen molar-refractivity contribution >= 4 is 17.7 Å². The quantitative estimate of drug-likeness (QED) is 0.434. The Morgan fingerprint density at radius 2 is 1.47 bits per heavy atom. The van der Waals surface area contributed by atoms with Crippen LogP contribution in [-0.2, 0) is 14.4 Å². The number of hydrogen-bond acceptors (Lipinski definition) is 4. The third-order valence-corrected chi connectivity index (χ3v) is 1.64. The second kappa shape index (κ2) is 6.77. The summed E-state index contributed by atoms with van der Waals surface area (Å²) in [6, 6.07) is 0. The van der Waals surface area contributed by atoms with E-state index in [1.165, 1.54) is 0 Å². The molecule has 0 saturated heterocycles. The van der Waals surface area contributed by atoms with Crippen LogP contribution in [0.2, 0.25) is 0 Å². The van der Waals surface area contributed by atoms with Gasteiger partial charge in [0.2, 0.25) is 17.7 Å². The van der Waals surface area contributed by atoms with Crippen LogP contribution in [0.15, 0.2) is 0 Å². The first kappa shape index (κ1) is 13.4. The summed E-state index contributed by atoms with van der Waals surface area (Å²) in [6.45, 7) is -0.231. The van der Waals surface area contributed by atoms with Crippen molar-refractivity contribution in [2.45, 2.75) is 12.8 Å². The molecule has 0 bridgehead atoms. The van der Waals surface area contributed by atoms with Crippen molar-refractivity contribution in [1.29, 1.82) is 0 Å². The third-order valence-electron chi connectivity index (χ3n) is 1.64. The van der Waals surface area contributed by atoms with E-state index in [0.29, 0.717) is 13.0 Å². The number of rotatable bonds is 7. The summed E-state index contributed by atoms with van der Waals surface area (Å²) in [7, 11) is 0. The van der Waals surface area contributed by atoms with E-state index >= 15 is 0 Å². The molecule has 0 unspecified atom stereocenters. The van der Waals surface area contributed by atoms with Crippen LogP contribution in [0, 0.1) is 0 Å². The Morgan fingerprint density at radius 3 is 1.80 bits per heavy atom. The molecule has 0 aromatic rings. The molecule has 3 amide bonds. The van der Waals surface area contributed by atoms with Crippen LogP contribution in [0.5, 0.6) is 0 Å². The standard InChI is InChI=1S/C8H16N4O3/c9-3-1-2-8(15)12(4-6(10)13)5-7(11)14/h1-5,9H2,(H2,10,13)(H2,11,14). The average molecular weight is 216 g/mol. The van der Waals surface area contributed by atoms with Crippen molar-refractivity contribution in [3.8, 4) is 0 Å². The van der Waals surface area contributed by atoms with Crippen LogP contribution in [0.3, 0.4) is 0 Å². The fraction of sp³-hybridized carbons (Fsp3) is 0.625. The Bertz CT molecular complexity index is 238. The number of hydrogen-bond donors (Lipinski definition) is 3. The van der Waals surface area contributed by atoms with Gasteiger partial charge in [-0.25, -0.2) is 0 Å². The molecule has 0 radical (unpaired) electrons. The first-order valence-corrected chi connectivity index (χ1v) is 4.51. The molecule has 0 aliphatic heterocycles. The van der Waals surface area contributed by atoms with Gasteiger partial charge in [-0.15, -0.1) is 0 Å². The number of nitrogens with two attached hydrogens (primary N) is 3. The fourth-order valence-corrected chi connectivity index (χ4v) is 1.02. The van der Waals surface area contributed by atoms with Crippen molar-refractivity contribution in [1.82, 2.24) is 4.90 Å². The monoisotopic (exact) mass is 216 g/mol. The van der Waals surface area contributed by atoms with E-state index in [2.05, 4.69) is 0 Å². The number of nitrogens with zero attached hydrogens (tertiary/aromatic N) is 1. The molecule has 86 valence electrons. The maximum atomic E-state index is 11.4. The van der Waals surface area contributed by atoms with E-state index in [-0.39, 0.29) is 25.4 Å². The lowest BCUT2D eigenvalue weighted by Crippen LogP contribution is -2.43. The molecule has 0 saturated carbocycles. The molecule has 0 heterocycles. The summed E-state index contributed by atoms with van der Waals surface area (Å²) in [4.78, 5) is 33.7. The Kier molecular flexibility index (Phi) is 6.03. The molecule has 0 atom stereocenters. The van der Waals surface area contributed by atoms with Crippen LogP contribution in [-0.4, -0.2) is 42.3 Å². The van der Waals surface area contributed by atoms with Crippen molar-refractivity contribution < 1.29 is 14.4 Å². The number of carbonyl (C=O) groups excluding carboxylic acids is 3. The van der Waals surface area contributed by atoms with E-state index in [1.54, 1.807) is 0 Å². The van der Waals surface area contributed by atoms with Crippen molar-refractivity contribution in [3.05, 3.63) is 0 Å². The topological polar surface area (TPSA) is 133 Å². The van der Waals surface area contributed by atoms with E-state index in [1.807, 2.05) is 0 Å². The van der Waals surface area contributed by atoms with Crippen molar-refractivity contribution in [3.63, 3.8) is 0 Å². The minimum absolute atomic E-state index is 0.178. The zero-order valence-electron chi connectivity index (χ0n) is 8.44. The van der Waals surface area contributed by atoms with Crippen LogP contribution in [0.4, 0.5) is 0 Å². The maximum Gasteiger partial charge on any atom is 0.237 e. The SMILES string of the molecule is NCCCC(=O)N(CC(N)=O)CC(N)=O. The summed E-state index contributed by atoms with van der Waals surface area (Å²) in [5.41, 5.74) is 15.1. The number of carbonyl (C=O) groups is 3. The Labute approximate surface area is 87.6 Å². The number of amides is 3. The molecule has 0 spiro atoms. The second-order valence-electron chi connectivity index (χ2n) is 3.07. The van der Waals surface area contributed by atoms with Crippen LogP contribution >= 0.6 is 0 Å². The molecule has 0 rings (SSSR count). The van der Waals surface area contributed by atoms with Crippen molar-refractivity contribution in [2.75, 3.05) is 19.6 Å². The highest BCUT2D eigenvalue weighted by Gasteiger charge is 2.16. The fourth-order valence-electron chi connectivity index (χ4n) is 1.02. The van der Waals surface area contributed by atoms with Crippen molar-refractivity contribution in [2.24, 2.45) is 17.2 Å². The molecule has 7 heteroatoms. The van der Waals surface area contributed by atoms with Gasteiger partial charge in [0.15, 0.2) is 0 Å². The zero-order chi connectivity index (χ0) is 11.8. The molecular formula is C8H16N4O3. The lowest BCUT2D eigenvalue weighted by Gasteiger charge is -2.19. The minimum atomic E-state index is -0.683. The third kappa shape index (κ3) is 6.44. The molecular weight excluding hydrogens is 200 g/mol. The van der Waals surface area contributed by atoms with Gasteiger partial charge in [-0.2, -0.15) is 0 Å². The van der Waals surface area contributed by atoms with Crippen LogP contribution in [0.25, 0.3) is 0 Å². The lowest BCUT2D eigenvalue weighted by atomic mass is 10.2. The molecule has 15 heavy (non-hydrogen) atoms. The van der Waals surface area contributed by atoms with Crippen LogP contribution < -0.4 is 17.2 Å². The van der Waals surface area contributed by atoms with E-state index in [0.717, 1.165) is 4.90 Å². The van der Waals surface area contributed by atoms with Gasteiger partial charge in [0.25, 0.3) is 0 Å². The van der Waals surface area contributed by atoms with Gasteiger partial charge in [-0.3, -0.25) is 14.4 Å².